The van der Waals surface area contributed by atoms with Crippen molar-refractivity contribution >= 4 is 50.0 Å². The van der Waals surface area contributed by atoms with Gasteiger partial charge in [-0.25, -0.2) is 13.1 Å². The Kier molecular flexibility index (Phi) is 10.5. The molecule has 3 N–H and O–H groups in total. The second-order valence-corrected chi connectivity index (χ2v) is 15.2. The van der Waals surface area contributed by atoms with Gasteiger partial charge in [-0.15, -0.1) is 11.3 Å². The van der Waals surface area contributed by atoms with Crippen LogP contribution in [-0.4, -0.2) is 55.2 Å². The molecule has 9 nitrogen and oxygen atoms in total. The Bertz CT molecular complexity index is 2260. The number of sulfonamides is 1. The van der Waals surface area contributed by atoms with Gasteiger partial charge in [0, 0.05) is 47.4 Å². The van der Waals surface area contributed by atoms with Gasteiger partial charge >= 0.3 is 0 Å². The third-order valence-electron chi connectivity index (χ3n) is 8.77. The van der Waals surface area contributed by atoms with E-state index >= 15 is 0 Å². The Balaban J connectivity index is 1.33. The number of aromatic amines is 1. The van der Waals surface area contributed by atoms with Crippen LogP contribution in [0.4, 0.5) is 0 Å². The zero-order valence-corrected chi connectivity index (χ0v) is 30.1. The Hall–Kier alpha value is -5.52. The number of H-pyrrole nitrogens is 1. The van der Waals surface area contributed by atoms with Crippen LogP contribution in [0.3, 0.4) is 0 Å². The minimum atomic E-state index is -4.25. The van der Waals surface area contributed by atoms with Crippen molar-refractivity contribution in [3.05, 3.63) is 149 Å². The number of thiophene rings is 1. The second kappa shape index (κ2) is 15.2. The largest absolute Gasteiger partial charge is 0.361 e. The first kappa shape index (κ1) is 35.3. The molecular formula is C40H38N4O5S2. The van der Waals surface area contributed by atoms with Crippen LogP contribution in [0.2, 0.25) is 0 Å². The summed E-state index contributed by atoms with van der Waals surface area (Å²) in [5, 5.41) is 5.67. The van der Waals surface area contributed by atoms with Gasteiger partial charge in [0.2, 0.25) is 5.91 Å². The van der Waals surface area contributed by atoms with Crippen molar-refractivity contribution in [2.45, 2.75) is 43.7 Å². The van der Waals surface area contributed by atoms with Crippen molar-refractivity contribution in [1.29, 1.82) is 0 Å². The van der Waals surface area contributed by atoms with Crippen LogP contribution in [0.25, 0.3) is 21.3 Å². The standard InChI is InChI=1S/C40H38N4O5S2/c1-26-20-27(2)22-30(21-26)40(47)44(3)36(23-28-15-17-29(18-16-28)37-14-9-19-50-37)39(46)42-35(24-31-25-41-34-13-8-7-12-33(31)34)38(45)43-51(48,49)32-10-5-4-6-11-32/h4-22,25,35-36,41H,23-24H2,1-3H3,(H,42,46)(H,43,45)/t35-,36+/m0/s1. The number of aryl methyl sites for hydroxylation is 2. The van der Waals surface area contributed by atoms with Crippen molar-refractivity contribution in [1.82, 2.24) is 19.9 Å². The molecule has 0 saturated carbocycles. The van der Waals surface area contributed by atoms with Gasteiger partial charge in [0.05, 0.1) is 4.90 Å². The van der Waals surface area contributed by atoms with Gasteiger partial charge in [-0.3, -0.25) is 14.4 Å². The molecule has 2 atom stereocenters. The van der Waals surface area contributed by atoms with Gasteiger partial charge in [0.1, 0.15) is 12.1 Å². The minimum Gasteiger partial charge on any atom is -0.361 e. The highest BCUT2D eigenvalue weighted by Gasteiger charge is 2.33. The van der Waals surface area contributed by atoms with Gasteiger partial charge in [-0.05, 0) is 72.3 Å². The van der Waals surface area contributed by atoms with Crippen LogP contribution >= 0.6 is 11.3 Å². The smallest absolute Gasteiger partial charge is 0.264 e. The number of nitrogens with zero attached hydrogens (tertiary/aromatic N) is 1. The number of benzene rings is 4. The molecule has 0 fully saturated rings. The summed E-state index contributed by atoms with van der Waals surface area (Å²) < 4.78 is 28.6. The number of nitrogens with one attached hydrogen (secondary N) is 3. The first-order valence-corrected chi connectivity index (χ1v) is 18.8. The average Bonchev–Trinajstić information content (AvgIpc) is 3.81. The lowest BCUT2D eigenvalue weighted by Crippen LogP contribution is -2.56. The van der Waals surface area contributed by atoms with Gasteiger partial charge in [0.15, 0.2) is 0 Å². The normalized spacial score (nSPS) is 12.6. The lowest BCUT2D eigenvalue weighted by molar-refractivity contribution is -0.130. The fourth-order valence-electron chi connectivity index (χ4n) is 6.18. The van der Waals surface area contributed by atoms with Gasteiger partial charge < -0.3 is 15.2 Å². The number of amides is 3. The van der Waals surface area contributed by atoms with Crippen LogP contribution in [0.1, 0.15) is 32.6 Å². The van der Waals surface area contributed by atoms with E-state index in [1.165, 1.54) is 17.0 Å². The predicted octanol–water partition coefficient (Wildman–Crippen LogP) is 6.43. The first-order chi connectivity index (χ1) is 24.5. The van der Waals surface area contributed by atoms with E-state index in [9.17, 15) is 22.8 Å². The van der Waals surface area contributed by atoms with Crippen LogP contribution in [0.5, 0.6) is 0 Å². The number of para-hydroxylation sites is 1. The lowest BCUT2D eigenvalue weighted by atomic mass is 9.99. The van der Waals surface area contributed by atoms with Gasteiger partial charge in [-0.2, -0.15) is 0 Å². The topological polar surface area (TPSA) is 128 Å². The van der Waals surface area contributed by atoms with Crippen molar-refractivity contribution < 1.29 is 22.8 Å². The van der Waals surface area contributed by atoms with Crippen LogP contribution in [-0.2, 0) is 32.5 Å². The maximum atomic E-state index is 14.4. The van der Waals surface area contributed by atoms with E-state index in [-0.39, 0.29) is 23.6 Å². The molecule has 0 bridgehead atoms. The number of likely N-dealkylation sites (N-methyl/N-ethyl adjacent to an activating group) is 1. The van der Waals surface area contributed by atoms with E-state index in [1.807, 2.05) is 86.0 Å². The Morgan fingerprint density at radius 2 is 1.49 bits per heavy atom. The van der Waals surface area contributed by atoms with Crippen LogP contribution in [0, 0.1) is 13.8 Å². The maximum absolute atomic E-state index is 14.4. The van der Waals surface area contributed by atoms with Gasteiger partial charge in [-0.1, -0.05) is 83.9 Å². The SMILES string of the molecule is Cc1cc(C)cc(C(=O)N(C)[C@H](Cc2ccc(-c3cccs3)cc2)C(=O)N[C@@H](Cc2c[nH]c3ccccc23)C(=O)NS(=O)(=O)c2ccccc2)c1. The number of carbonyl (C=O) groups excluding carboxylic acids is 3. The summed E-state index contributed by atoms with van der Waals surface area (Å²) in [5.74, 6) is -1.86. The highest BCUT2D eigenvalue weighted by molar-refractivity contribution is 7.90. The summed E-state index contributed by atoms with van der Waals surface area (Å²) in [4.78, 5) is 47.8. The van der Waals surface area contributed by atoms with E-state index < -0.39 is 33.9 Å². The molecule has 0 radical (unpaired) electrons. The second-order valence-electron chi connectivity index (χ2n) is 12.6. The molecule has 4 aromatic carbocycles. The average molecular weight is 719 g/mol. The molecule has 0 aliphatic rings. The zero-order valence-electron chi connectivity index (χ0n) is 28.4. The Morgan fingerprint density at radius 1 is 0.804 bits per heavy atom. The molecular weight excluding hydrogens is 681 g/mol. The van der Waals surface area contributed by atoms with Crippen molar-refractivity contribution in [2.75, 3.05) is 7.05 Å². The Morgan fingerprint density at radius 3 is 2.18 bits per heavy atom. The molecule has 6 rings (SSSR count). The van der Waals surface area contributed by atoms with Crippen LogP contribution < -0.4 is 10.0 Å². The molecule has 51 heavy (non-hydrogen) atoms. The molecule has 11 heteroatoms. The molecule has 0 saturated heterocycles. The molecule has 0 spiro atoms. The zero-order chi connectivity index (χ0) is 36.1. The maximum Gasteiger partial charge on any atom is 0.264 e. The predicted molar refractivity (Wildman–Crippen MR) is 201 cm³/mol. The highest BCUT2D eigenvalue weighted by Crippen LogP contribution is 2.26. The lowest BCUT2D eigenvalue weighted by Gasteiger charge is -2.29. The molecule has 2 heterocycles. The molecule has 0 aliphatic heterocycles. The van der Waals surface area contributed by atoms with E-state index in [0.717, 1.165) is 38.0 Å². The number of rotatable bonds is 12. The number of hydrogen-bond acceptors (Lipinski definition) is 6. The van der Waals surface area contributed by atoms with E-state index in [2.05, 4.69) is 15.0 Å². The molecule has 0 unspecified atom stereocenters. The number of aromatic nitrogens is 1. The summed E-state index contributed by atoms with van der Waals surface area (Å²) in [5.41, 5.74) is 5.63. The molecule has 0 aliphatic carbocycles. The minimum absolute atomic E-state index is 0.0110. The summed E-state index contributed by atoms with van der Waals surface area (Å²) in [6.45, 7) is 3.81. The van der Waals surface area contributed by atoms with Crippen LogP contribution in [0.15, 0.2) is 126 Å². The number of hydrogen-bond donors (Lipinski definition) is 3. The molecule has 260 valence electrons. The third-order valence-corrected chi connectivity index (χ3v) is 11.0. The first-order valence-electron chi connectivity index (χ1n) is 16.4. The summed E-state index contributed by atoms with van der Waals surface area (Å²) in [6.07, 6.45) is 1.88. The summed E-state index contributed by atoms with van der Waals surface area (Å²) in [7, 11) is -2.68. The summed E-state index contributed by atoms with van der Waals surface area (Å²) in [6, 6.07) is 30.1. The Labute approximate surface area is 301 Å². The highest BCUT2D eigenvalue weighted by atomic mass is 32.2. The molecule has 2 aromatic heterocycles. The number of fused-ring (bicyclic) bond motifs is 1. The van der Waals surface area contributed by atoms with E-state index in [4.69, 9.17) is 0 Å². The van der Waals surface area contributed by atoms with E-state index in [0.29, 0.717) is 11.1 Å². The monoisotopic (exact) mass is 718 g/mol. The quantitative estimate of drug-likeness (QED) is 0.134. The van der Waals surface area contributed by atoms with Gasteiger partial charge in [0.25, 0.3) is 21.8 Å². The third kappa shape index (κ3) is 8.28. The molecule has 6 aromatic rings. The van der Waals surface area contributed by atoms with E-state index in [1.54, 1.807) is 54.9 Å². The fraction of sp³-hybridized carbons (Fsp3) is 0.175. The number of carbonyl (C=O) groups is 3. The molecule has 3 amide bonds. The van der Waals surface area contributed by atoms with Crippen molar-refractivity contribution in [3.63, 3.8) is 0 Å². The van der Waals surface area contributed by atoms with Crippen molar-refractivity contribution in [2.24, 2.45) is 0 Å². The summed E-state index contributed by atoms with van der Waals surface area (Å²) >= 11 is 1.62. The van der Waals surface area contributed by atoms with Crippen molar-refractivity contribution in [3.8, 4) is 10.4 Å². The fourth-order valence-corrected chi connectivity index (χ4v) is 7.95.